The summed E-state index contributed by atoms with van der Waals surface area (Å²) in [5.41, 5.74) is 1.15. The summed E-state index contributed by atoms with van der Waals surface area (Å²) in [4.78, 5) is 0. The summed E-state index contributed by atoms with van der Waals surface area (Å²) in [5, 5.41) is 13.4. The first-order valence-corrected chi connectivity index (χ1v) is 5.91. The Balaban J connectivity index is 2.63. The van der Waals surface area contributed by atoms with E-state index < -0.39 is 0 Å². The van der Waals surface area contributed by atoms with Crippen LogP contribution >= 0.6 is 11.6 Å². The van der Waals surface area contributed by atoms with Gasteiger partial charge in [-0.1, -0.05) is 23.7 Å². The van der Waals surface area contributed by atoms with Gasteiger partial charge in [0, 0.05) is 16.6 Å². The molecular formula is C13H20ClNO. The van der Waals surface area contributed by atoms with Crippen molar-refractivity contribution in [2.75, 3.05) is 6.61 Å². The molecular weight excluding hydrogens is 222 g/mol. The highest BCUT2D eigenvalue weighted by Gasteiger charge is 2.16. The van der Waals surface area contributed by atoms with Gasteiger partial charge < -0.3 is 10.4 Å². The summed E-state index contributed by atoms with van der Waals surface area (Å²) in [7, 11) is 0. The Hall–Kier alpha value is -0.570. The smallest absolute Gasteiger partial charge is 0.0588 e. The fourth-order valence-corrected chi connectivity index (χ4v) is 1.93. The number of benzene rings is 1. The third-order valence-electron chi connectivity index (χ3n) is 2.23. The van der Waals surface area contributed by atoms with Crippen LogP contribution in [-0.2, 0) is 6.42 Å². The molecule has 0 unspecified atom stereocenters. The maximum Gasteiger partial charge on any atom is 0.0588 e. The number of halogens is 1. The van der Waals surface area contributed by atoms with E-state index in [0.717, 1.165) is 17.0 Å². The maximum absolute atomic E-state index is 9.32. The molecule has 0 spiro atoms. The molecule has 1 aromatic carbocycles. The van der Waals surface area contributed by atoms with Crippen LogP contribution in [0.15, 0.2) is 24.3 Å². The van der Waals surface area contributed by atoms with E-state index in [1.807, 2.05) is 24.3 Å². The predicted octanol–water partition coefficient (Wildman–Crippen LogP) is 2.63. The Morgan fingerprint density at radius 2 is 2.06 bits per heavy atom. The minimum absolute atomic E-state index is 0.00592. The van der Waals surface area contributed by atoms with E-state index in [2.05, 4.69) is 26.1 Å². The monoisotopic (exact) mass is 241 g/mol. The number of aliphatic hydroxyl groups excluding tert-OH is 1. The second-order valence-electron chi connectivity index (χ2n) is 5.11. The number of hydrogen-bond acceptors (Lipinski definition) is 2. The van der Waals surface area contributed by atoms with E-state index in [4.69, 9.17) is 11.6 Å². The first kappa shape index (κ1) is 13.5. The molecule has 2 nitrogen and oxygen atoms in total. The Bertz CT molecular complexity index is 333. The van der Waals surface area contributed by atoms with Crippen molar-refractivity contribution < 1.29 is 5.11 Å². The Morgan fingerprint density at radius 3 is 2.56 bits per heavy atom. The van der Waals surface area contributed by atoms with Crippen LogP contribution < -0.4 is 5.32 Å². The van der Waals surface area contributed by atoms with Crippen LogP contribution in [0.25, 0.3) is 0 Å². The van der Waals surface area contributed by atoms with Gasteiger partial charge >= 0.3 is 0 Å². The molecule has 90 valence electrons. The van der Waals surface area contributed by atoms with Crippen LogP contribution in [-0.4, -0.2) is 23.3 Å². The molecule has 16 heavy (non-hydrogen) atoms. The van der Waals surface area contributed by atoms with Gasteiger partial charge in [-0.15, -0.1) is 0 Å². The molecule has 0 heterocycles. The first-order chi connectivity index (χ1) is 7.40. The molecule has 0 bridgehead atoms. The van der Waals surface area contributed by atoms with Crippen molar-refractivity contribution >= 4 is 11.6 Å². The van der Waals surface area contributed by atoms with Crippen molar-refractivity contribution in [1.82, 2.24) is 5.32 Å². The average Bonchev–Trinajstić information content (AvgIpc) is 2.14. The minimum atomic E-state index is 0.00592. The third-order valence-corrected chi connectivity index (χ3v) is 2.46. The quantitative estimate of drug-likeness (QED) is 0.850. The lowest BCUT2D eigenvalue weighted by Gasteiger charge is -2.27. The van der Waals surface area contributed by atoms with Crippen molar-refractivity contribution in [3.63, 3.8) is 0 Å². The van der Waals surface area contributed by atoms with Crippen LogP contribution in [0.4, 0.5) is 0 Å². The molecule has 1 aromatic rings. The van der Waals surface area contributed by atoms with E-state index in [-0.39, 0.29) is 18.2 Å². The van der Waals surface area contributed by atoms with Gasteiger partial charge in [0.1, 0.15) is 0 Å². The molecule has 0 saturated heterocycles. The van der Waals surface area contributed by atoms with E-state index in [0.29, 0.717) is 0 Å². The highest BCUT2D eigenvalue weighted by molar-refractivity contribution is 6.30. The largest absolute Gasteiger partial charge is 0.395 e. The highest BCUT2D eigenvalue weighted by atomic mass is 35.5. The average molecular weight is 242 g/mol. The normalized spacial score (nSPS) is 13.8. The van der Waals surface area contributed by atoms with Crippen LogP contribution in [0, 0.1) is 0 Å². The number of rotatable bonds is 4. The minimum Gasteiger partial charge on any atom is -0.395 e. The predicted molar refractivity (Wildman–Crippen MR) is 68.9 cm³/mol. The number of nitrogens with one attached hydrogen (secondary N) is 1. The van der Waals surface area contributed by atoms with Crippen LogP contribution in [0.1, 0.15) is 26.3 Å². The molecule has 0 amide bonds. The van der Waals surface area contributed by atoms with E-state index in [1.165, 1.54) is 0 Å². The van der Waals surface area contributed by atoms with Gasteiger partial charge in [0.15, 0.2) is 0 Å². The zero-order valence-electron chi connectivity index (χ0n) is 10.1. The van der Waals surface area contributed by atoms with Crippen molar-refractivity contribution in [2.45, 2.75) is 38.8 Å². The second-order valence-corrected chi connectivity index (χ2v) is 5.54. The molecule has 0 saturated carbocycles. The van der Waals surface area contributed by atoms with Crippen molar-refractivity contribution in [3.05, 3.63) is 34.9 Å². The second kappa shape index (κ2) is 5.67. The number of hydrogen-bond donors (Lipinski definition) is 2. The lowest BCUT2D eigenvalue weighted by molar-refractivity contribution is 0.215. The molecule has 0 aliphatic heterocycles. The van der Waals surface area contributed by atoms with Gasteiger partial charge in [0.05, 0.1) is 6.61 Å². The Morgan fingerprint density at radius 1 is 1.38 bits per heavy atom. The summed E-state index contributed by atoms with van der Waals surface area (Å²) < 4.78 is 0. The summed E-state index contributed by atoms with van der Waals surface area (Å²) in [5.74, 6) is 0. The van der Waals surface area contributed by atoms with E-state index >= 15 is 0 Å². The zero-order valence-corrected chi connectivity index (χ0v) is 10.9. The van der Waals surface area contributed by atoms with Crippen LogP contribution in [0.5, 0.6) is 0 Å². The topological polar surface area (TPSA) is 32.3 Å². The fraction of sp³-hybridized carbons (Fsp3) is 0.538. The maximum atomic E-state index is 9.32. The molecule has 1 rings (SSSR count). The van der Waals surface area contributed by atoms with Gasteiger partial charge in [-0.3, -0.25) is 0 Å². The van der Waals surface area contributed by atoms with Gasteiger partial charge in [-0.2, -0.15) is 0 Å². The van der Waals surface area contributed by atoms with Gasteiger partial charge in [-0.25, -0.2) is 0 Å². The van der Waals surface area contributed by atoms with Crippen molar-refractivity contribution in [1.29, 1.82) is 0 Å². The molecule has 0 aliphatic carbocycles. The van der Waals surface area contributed by atoms with Gasteiger partial charge in [-0.05, 0) is 44.9 Å². The van der Waals surface area contributed by atoms with Crippen LogP contribution in [0.3, 0.4) is 0 Å². The van der Waals surface area contributed by atoms with E-state index in [9.17, 15) is 5.11 Å². The van der Waals surface area contributed by atoms with Gasteiger partial charge in [0.2, 0.25) is 0 Å². The zero-order chi connectivity index (χ0) is 12.2. The first-order valence-electron chi connectivity index (χ1n) is 5.54. The van der Waals surface area contributed by atoms with Crippen LogP contribution in [0.2, 0.25) is 5.02 Å². The Labute approximate surface area is 103 Å². The van der Waals surface area contributed by atoms with Gasteiger partial charge in [0.25, 0.3) is 0 Å². The molecule has 0 aliphatic rings. The third kappa shape index (κ3) is 4.97. The van der Waals surface area contributed by atoms with Crippen molar-refractivity contribution in [2.24, 2.45) is 0 Å². The number of aliphatic hydroxyl groups is 1. The fourth-order valence-electron chi connectivity index (χ4n) is 1.72. The summed E-state index contributed by atoms with van der Waals surface area (Å²) in [6, 6.07) is 7.82. The SMILES string of the molecule is CC(C)(C)N[C@H](CO)Cc1cccc(Cl)c1. The standard InChI is InChI=1S/C13H20ClNO/c1-13(2,3)15-12(9-16)8-10-5-4-6-11(14)7-10/h4-7,12,15-16H,8-9H2,1-3H3/t12-/m0/s1. The summed E-state index contributed by atoms with van der Waals surface area (Å²) in [6.45, 7) is 6.40. The van der Waals surface area contributed by atoms with Crippen molar-refractivity contribution in [3.8, 4) is 0 Å². The molecule has 0 aromatic heterocycles. The lowest BCUT2D eigenvalue weighted by Crippen LogP contribution is -2.46. The lowest BCUT2D eigenvalue weighted by atomic mass is 10.0. The molecule has 0 fully saturated rings. The molecule has 3 heteroatoms. The Kier molecular flexibility index (Phi) is 4.78. The molecule has 0 radical (unpaired) electrons. The molecule has 1 atom stereocenters. The summed E-state index contributed by atoms with van der Waals surface area (Å²) in [6.07, 6.45) is 0.786. The van der Waals surface area contributed by atoms with E-state index in [1.54, 1.807) is 0 Å². The summed E-state index contributed by atoms with van der Waals surface area (Å²) >= 11 is 5.92. The highest BCUT2D eigenvalue weighted by Crippen LogP contribution is 2.13. The molecule has 2 N–H and O–H groups in total.